The molecule has 0 aliphatic heterocycles. The first-order valence-corrected chi connectivity index (χ1v) is 10.3. The molecule has 1 fully saturated rings. The Labute approximate surface area is 175 Å². The highest BCUT2D eigenvalue weighted by Crippen LogP contribution is 2.34. The van der Waals surface area contributed by atoms with Crippen molar-refractivity contribution in [3.05, 3.63) is 52.1 Å². The Bertz CT molecular complexity index is 1140. The Hall–Kier alpha value is -3.09. The van der Waals surface area contributed by atoms with Crippen molar-refractivity contribution in [1.29, 1.82) is 0 Å². The number of H-pyrrole nitrogens is 1. The Balaban J connectivity index is 1.58. The summed E-state index contributed by atoms with van der Waals surface area (Å²) < 4.78 is 6.97. The number of nitrogens with zero attached hydrogens (tertiary/aromatic N) is 2. The van der Waals surface area contributed by atoms with Crippen LogP contribution in [0.3, 0.4) is 0 Å². The van der Waals surface area contributed by atoms with E-state index in [4.69, 9.17) is 4.74 Å². The largest absolute Gasteiger partial charge is 0.465 e. The van der Waals surface area contributed by atoms with Crippen LogP contribution in [-0.4, -0.2) is 39.6 Å². The van der Waals surface area contributed by atoms with Gasteiger partial charge in [-0.3, -0.25) is 4.79 Å². The molecule has 30 heavy (non-hydrogen) atoms. The number of methoxy groups -OCH3 is 1. The summed E-state index contributed by atoms with van der Waals surface area (Å²) in [5, 5.41) is 3.19. The van der Waals surface area contributed by atoms with E-state index in [1.165, 1.54) is 18.2 Å². The number of carbonyl (C=O) groups excluding carboxylic acids is 2. The molecular formula is C23H28N4O3. The number of nitrogens with one attached hydrogen (secondary N) is 2. The molecule has 1 unspecified atom stereocenters. The van der Waals surface area contributed by atoms with Gasteiger partial charge in [0.25, 0.3) is 5.91 Å². The van der Waals surface area contributed by atoms with Crippen LogP contribution in [0.15, 0.2) is 18.5 Å². The van der Waals surface area contributed by atoms with Crippen molar-refractivity contribution in [3.8, 4) is 0 Å². The van der Waals surface area contributed by atoms with Crippen LogP contribution in [0, 0.1) is 33.6 Å². The van der Waals surface area contributed by atoms with Crippen molar-refractivity contribution >= 4 is 22.9 Å². The van der Waals surface area contributed by atoms with Gasteiger partial charge in [0.05, 0.1) is 30.0 Å². The van der Waals surface area contributed by atoms with Gasteiger partial charge in [-0.2, -0.15) is 0 Å². The molecule has 2 N–H and O–H groups in total. The summed E-state index contributed by atoms with van der Waals surface area (Å²) in [5.41, 5.74) is 6.60. The van der Waals surface area contributed by atoms with Gasteiger partial charge in [0, 0.05) is 18.3 Å². The van der Waals surface area contributed by atoms with Gasteiger partial charge in [-0.05, 0) is 75.3 Å². The standard InChI is InChI=1S/C23H28N4O3/c1-12-8-17-19(9-13(12)2)27(11-24-17)10-18(16-6-7-16)26-22(28)21-14(3)20(15(4)25-21)23(29)30-5/h8-9,11,16,18,25H,6-7,10H2,1-5H3,(H,26,28). The summed E-state index contributed by atoms with van der Waals surface area (Å²) in [7, 11) is 1.34. The second kappa shape index (κ2) is 7.63. The van der Waals surface area contributed by atoms with Gasteiger partial charge in [-0.25, -0.2) is 9.78 Å². The highest BCUT2D eigenvalue weighted by molar-refractivity contribution is 6.00. The minimum absolute atomic E-state index is 0.00101. The number of benzene rings is 1. The highest BCUT2D eigenvalue weighted by atomic mass is 16.5. The molecule has 1 aliphatic carbocycles. The van der Waals surface area contributed by atoms with Gasteiger partial charge in [0.15, 0.2) is 0 Å². The molecule has 0 bridgehead atoms. The van der Waals surface area contributed by atoms with Crippen LogP contribution < -0.4 is 5.32 Å². The van der Waals surface area contributed by atoms with Crippen molar-refractivity contribution in [1.82, 2.24) is 19.9 Å². The minimum atomic E-state index is -0.436. The fraction of sp³-hybridized carbons (Fsp3) is 0.435. The maximum Gasteiger partial charge on any atom is 0.339 e. The lowest BCUT2D eigenvalue weighted by atomic mass is 10.1. The monoisotopic (exact) mass is 408 g/mol. The van der Waals surface area contributed by atoms with Crippen LogP contribution in [0.2, 0.25) is 0 Å². The molecule has 1 saturated carbocycles. The van der Waals surface area contributed by atoms with Crippen LogP contribution in [-0.2, 0) is 11.3 Å². The third-order valence-electron chi connectivity index (χ3n) is 6.19. The molecule has 2 heterocycles. The van der Waals surface area contributed by atoms with E-state index in [-0.39, 0.29) is 11.9 Å². The van der Waals surface area contributed by atoms with Crippen LogP contribution in [0.25, 0.3) is 11.0 Å². The maximum atomic E-state index is 13.1. The zero-order valence-corrected chi connectivity index (χ0v) is 18.1. The average Bonchev–Trinajstić information content (AvgIpc) is 3.43. The van der Waals surface area contributed by atoms with Gasteiger partial charge in [-0.15, -0.1) is 0 Å². The number of hydrogen-bond donors (Lipinski definition) is 2. The fourth-order valence-corrected chi connectivity index (χ4v) is 4.11. The molecule has 1 atom stereocenters. The number of aromatic amines is 1. The molecular weight excluding hydrogens is 380 g/mol. The molecule has 1 aromatic carbocycles. The first-order valence-electron chi connectivity index (χ1n) is 10.3. The Kier molecular flexibility index (Phi) is 5.13. The Morgan fingerprint density at radius 1 is 1.23 bits per heavy atom. The third-order valence-corrected chi connectivity index (χ3v) is 6.19. The lowest BCUT2D eigenvalue weighted by Crippen LogP contribution is -2.40. The van der Waals surface area contributed by atoms with E-state index in [1.54, 1.807) is 13.8 Å². The quantitative estimate of drug-likeness (QED) is 0.610. The van der Waals surface area contributed by atoms with E-state index in [0.29, 0.717) is 35.0 Å². The average molecular weight is 409 g/mol. The topological polar surface area (TPSA) is 89.0 Å². The number of esters is 1. The molecule has 158 valence electrons. The second-order valence-corrected chi connectivity index (χ2v) is 8.36. The molecule has 3 aromatic rings. The van der Waals surface area contributed by atoms with Crippen molar-refractivity contribution in [2.75, 3.05) is 7.11 Å². The molecule has 0 radical (unpaired) electrons. The molecule has 4 rings (SSSR count). The number of aryl methyl sites for hydroxylation is 3. The van der Waals surface area contributed by atoms with Crippen molar-refractivity contribution in [2.45, 2.75) is 53.1 Å². The summed E-state index contributed by atoms with van der Waals surface area (Å²) in [6.07, 6.45) is 4.06. The van der Waals surface area contributed by atoms with E-state index in [9.17, 15) is 9.59 Å². The van der Waals surface area contributed by atoms with E-state index in [0.717, 1.165) is 23.9 Å². The summed E-state index contributed by atoms with van der Waals surface area (Å²) in [5.74, 6) is -0.178. The molecule has 0 saturated heterocycles. The molecule has 1 amide bonds. The molecule has 0 spiro atoms. The van der Waals surface area contributed by atoms with Crippen LogP contribution >= 0.6 is 0 Å². The predicted octanol–water partition coefficient (Wildman–Crippen LogP) is 3.59. The van der Waals surface area contributed by atoms with Gasteiger partial charge in [0.2, 0.25) is 0 Å². The minimum Gasteiger partial charge on any atom is -0.465 e. The number of rotatable bonds is 6. The highest BCUT2D eigenvalue weighted by Gasteiger charge is 2.34. The van der Waals surface area contributed by atoms with Gasteiger partial charge < -0.3 is 19.6 Å². The van der Waals surface area contributed by atoms with Gasteiger partial charge in [-0.1, -0.05) is 0 Å². The molecule has 1 aliphatic rings. The lowest BCUT2D eigenvalue weighted by molar-refractivity contribution is 0.0599. The number of carbonyl (C=O) groups is 2. The molecule has 7 nitrogen and oxygen atoms in total. The fourth-order valence-electron chi connectivity index (χ4n) is 4.11. The molecule has 2 aromatic heterocycles. The zero-order chi connectivity index (χ0) is 21.6. The number of hydrogen-bond acceptors (Lipinski definition) is 4. The molecule has 7 heteroatoms. The van der Waals surface area contributed by atoms with Crippen LogP contribution in [0.5, 0.6) is 0 Å². The number of ether oxygens (including phenoxy) is 1. The Morgan fingerprint density at radius 2 is 1.93 bits per heavy atom. The predicted molar refractivity (Wildman–Crippen MR) is 115 cm³/mol. The van der Waals surface area contributed by atoms with Gasteiger partial charge in [0.1, 0.15) is 5.69 Å². The summed E-state index contributed by atoms with van der Waals surface area (Å²) in [6, 6.07) is 4.26. The van der Waals surface area contributed by atoms with Crippen LogP contribution in [0.4, 0.5) is 0 Å². The summed E-state index contributed by atoms with van der Waals surface area (Å²) >= 11 is 0. The van der Waals surface area contributed by atoms with Crippen molar-refractivity contribution in [2.24, 2.45) is 5.92 Å². The second-order valence-electron chi connectivity index (χ2n) is 8.36. The van der Waals surface area contributed by atoms with E-state index in [1.807, 2.05) is 6.33 Å². The first kappa shape index (κ1) is 20.2. The normalized spacial score (nSPS) is 14.7. The summed E-state index contributed by atoms with van der Waals surface area (Å²) in [4.78, 5) is 32.7. The van der Waals surface area contributed by atoms with E-state index in [2.05, 4.69) is 45.8 Å². The SMILES string of the molecule is COC(=O)c1c(C)[nH]c(C(=O)NC(Cn2cnc3cc(C)c(C)cc32)C2CC2)c1C. The Morgan fingerprint density at radius 3 is 2.60 bits per heavy atom. The van der Waals surface area contributed by atoms with Crippen molar-refractivity contribution < 1.29 is 14.3 Å². The summed E-state index contributed by atoms with van der Waals surface area (Å²) in [6.45, 7) is 8.39. The number of fused-ring (bicyclic) bond motifs is 1. The van der Waals surface area contributed by atoms with Gasteiger partial charge >= 0.3 is 5.97 Å². The lowest BCUT2D eigenvalue weighted by Gasteiger charge is -2.19. The van der Waals surface area contributed by atoms with Crippen LogP contribution in [0.1, 0.15) is 56.1 Å². The smallest absolute Gasteiger partial charge is 0.339 e. The first-order chi connectivity index (χ1) is 14.3. The zero-order valence-electron chi connectivity index (χ0n) is 18.1. The maximum absolute atomic E-state index is 13.1. The van der Waals surface area contributed by atoms with E-state index < -0.39 is 5.97 Å². The van der Waals surface area contributed by atoms with Crippen molar-refractivity contribution in [3.63, 3.8) is 0 Å². The number of imidazole rings is 1. The number of amides is 1. The third kappa shape index (κ3) is 3.60. The van der Waals surface area contributed by atoms with E-state index >= 15 is 0 Å². The number of aromatic nitrogens is 3.